The summed E-state index contributed by atoms with van der Waals surface area (Å²) in [7, 11) is 1.47. The van der Waals surface area contributed by atoms with Crippen LogP contribution in [-0.4, -0.2) is 34.3 Å². The van der Waals surface area contributed by atoms with Gasteiger partial charge in [0.15, 0.2) is 11.4 Å². The third-order valence-electron chi connectivity index (χ3n) is 2.96. The Bertz CT molecular complexity index is 730. The van der Waals surface area contributed by atoms with Gasteiger partial charge in [0, 0.05) is 7.05 Å². The molecular weight excluding hydrogens is 296 g/mol. The van der Waals surface area contributed by atoms with E-state index in [-0.39, 0.29) is 17.1 Å². The van der Waals surface area contributed by atoms with Gasteiger partial charge < -0.3 is 15.8 Å². The number of esters is 1. The number of hydrogen-bond acceptors (Lipinski definition) is 5. The zero-order valence-electron chi connectivity index (χ0n) is 13.6. The molecule has 0 saturated carbocycles. The normalized spacial score (nSPS) is 11.1. The summed E-state index contributed by atoms with van der Waals surface area (Å²) in [6.45, 7) is 5.26. The lowest BCUT2D eigenvalue weighted by molar-refractivity contribution is 0.00606. The Kier molecular flexibility index (Phi) is 4.40. The molecule has 1 heterocycles. The summed E-state index contributed by atoms with van der Waals surface area (Å²) in [6, 6.07) is 8.95. The molecule has 1 aromatic carbocycles. The maximum atomic E-state index is 12.5. The van der Waals surface area contributed by atoms with Crippen LogP contribution < -0.4 is 11.1 Å². The summed E-state index contributed by atoms with van der Waals surface area (Å²) in [4.78, 5) is 24.4. The molecule has 0 aliphatic carbocycles. The van der Waals surface area contributed by atoms with E-state index in [0.717, 1.165) is 0 Å². The summed E-state index contributed by atoms with van der Waals surface area (Å²) in [6.07, 6.45) is 0. The summed E-state index contributed by atoms with van der Waals surface area (Å²) in [5.74, 6) is -1.11. The number of carbonyl (C=O) groups is 2. The zero-order chi connectivity index (χ0) is 17.2. The molecule has 0 bridgehead atoms. The second kappa shape index (κ2) is 6.12. The lowest BCUT2D eigenvalue weighted by Crippen LogP contribution is -2.26. The van der Waals surface area contributed by atoms with Gasteiger partial charge in [-0.1, -0.05) is 18.2 Å². The highest BCUT2D eigenvalue weighted by atomic mass is 16.6. The highest BCUT2D eigenvalue weighted by molar-refractivity contribution is 6.04. The monoisotopic (exact) mass is 316 g/mol. The second-order valence-corrected chi connectivity index (χ2v) is 5.94. The van der Waals surface area contributed by atoms with E-state index in [1.807, 2.05) is 6.07 Å². The summed E-state index contributed by atoms with van der Waals surface area (Å²) < 4.78 is 6.71. The number of anilines is 1. The van der Waals surface area contributed by atoms with Crippen LogP contribution in [0.2, 0.25) is 0 Å². The average Bonchev–Trinajstić information content (AvgIpc) is 2.83. The van der Waals surface area contributed by atoms with Gasteiger partial charge in [-0.05, 0) is 32.9 Å². The van der Waals surface area contributed by atoms with E-state index >= 15 is 0 Å². The van der Waals surface area contributed by atoms with Crippen LogP contribution in [0.3, 0.4) is 0 Å². The number of nitrogens with two attached hydrogens (primary N) is 1. The van der Waals surface area contributed by atoms with Crippen LogP contribution in [0.25, 0.3) is 5.69 Å². The molecule has 23 heavy (non-hydrogen) atoms. The summed E-state index contributed by atoms with van der Waals surface area (Å²) >= 11 is 0. The SMILES string of the molecule is CNC(=O)c1nn(-c2ccccc2)c(C(=O)OC(C)(C)C)c1N. The second-order valence-electron chi connectivity index (χ2n) is 5.94. The fourth-order valence-electron chi connectivity index (χ4n) is 2.00. The Morgan fingerprint density at radius 1 is 1.22 bits per heavy atom. The van der Waals surface area contributed by atoms with E-state index in [0.29, 0.717) is 5.69 Å². The first-order valence-corrected chi connectivity index (χ1v) is 7.14. The molecule has 0 aliphatic rings. The number of benzene rings is 1. The van der Waals surface area contributed by atoms with Gasteiger partial charge in [-0.3, -0.25) is 4.79 Å². The molecule has 3 N–H and O–H groups in total. The van der Waals surface area contributed by atoms with Gasteiger partial charge in [-0.2, -0.15) is 5.10 Å². The molecule has 1 aromatic heterocycles. The molecule has 0 spiro atoms. The Hall–Kier alpha value is -2.83. The van der Waals surface area contributed by atoms with Crippen molar-refractivity contribution in [1.82, 2.24) is 15.1 Å². The number of amides is 1. The van der Waals surface area contributed by atoms with Crippen molar-refractivity contribution in [3.05, 3.63) is 41.7 Å². The van der Waals surface area contributed by atoms with Crippen LogP contribution in [0, 0.1) is 0 Å². The minimum atomic E-state index is -0.692. The first-order valence-electron chi connectivity index (χ1n) is 7.14. The van der Waals surface area contributed by atoms with Crippen LogP contribution >= 0.6 is 0 Å². The molecular formula is C16H20N4O3. The number of aromatic nitrogens is 2. The van der Waals surface area contributed by atoms with E-state index in [4.69, 9.17) is 10.5 Å². The zero-order valence-corrected chi connectivity index (χ0v) is 13.6. The van der Waals surface area contributed by atoms with E-state index < -0.39 is 17.5 Å². The molecule has 2 rings (SSSR count). The number of nitrogen functional groups attached to an aromatic ring is 1. The molecule has 0 radical (unpaired) electrons. The van der Waals surface area contributed by atoms with E-state index in [1.165, 1.54) is 11.7 Å². The van der Waals surface area contributed by atoms with Gasteiger partial charge >= 0.3 is 5.97 Å². The predicted molar refractivity (Wildman–Crippen MR) is 86.5 cm³/mol. The maximum Gasteiger partial charge on any atom is 0.359 e. The smallest absolute Gasteiger partial charge is 0.359 e. The molecule has 0 unspecified atom stereocenters. The first-order chi connectivity index (χ1) is 10.7. The quantitative estimate of drug-likeness (QED) is 0.841. The molecule has 0 fully saturated rings. The number of nitrogens with one attached hydrogen (secondary N) is 1. The summed E-state index contributed by atoms with van der Waals surface area (Å²) in [5.41, 5.74) is 5.91. The van der Waals surface area contributed by atoms with Crippen molar-refractivity contribution in [3.63, 3.8) is 0 Å². The minimum Gasteiger partial charge on any atom is -0.455 e. The fourth-order valence-corrected chi connectivity index (χ4v) is 2.00. The number of rotatable bonds is 3. The van der Waals surface area contributed by atoms with Crippen molar-refractivity contribution in [2.45, 2.75) is 26.4 Å². The third-order valence-corrected chi connectivity index (χ3v) is 2.96. The van der Waals surface area contributed by atoms with Crippen molar-refractivity contribution in [2.75, 3.05) is 12.8 Å². The van der Waals surface area contributed by atoms with Crippen LogP contribution in [0.1, 0.15) is 41.7 Å². The van der Waals surface area contributed by atoms with Crippen molar-refractivity contribution in [1.29, 1.82) is 0 Å². The van der Waals surface area contributed by atoms with Gasteiger partial charge in [-0.25, -0.2) is 9.48 Å². The first kappa shape index (κ1) is 16.5. The van der Waals surface area contributed by atoms with Crippen molar-refractivity contribution >= 4 is 17.6 Å². The van der Waals surface area contributed by atoms with Gasteiger partial charge in [0.2, 0.25) is 0 Å². The average molecular weight is 316 g/mol. The number of ether oxygens (including phenoxy) is 1. The molecule has 7 heteroatoms. The number of nitrogens with zero attached hydrogens (tertiary/aromatic N) is 2. The Morgan fingerprint density at radius 3 is 2.35 bits per heavy atom. The molecule has 7 nitrogen and oxygen atoms in total. The molecule has 0 atom stereocenters. The topological polar surface area (TPSA) is 99.2 Å². The van der Waals surface area contributed by atoms with Crippen LogP contribution in [0.15, 0.2) is 30.3 Å². The maximum absolute atomic E-state index is 12.5. The van der Waals surface area contributed by atoms with Gasteiger partial charge in [0.05, 0.1) is 11.4 Å². The number of carbonyl (C=O) groups excluding carboxylic acids is 2. The number of hydrogen-bond donors (Lipinski definition) is 2. The van der Waals surface area contributed by atoms with Gasteiger partial charge in [-0.15, -0.1) is 0 Å². The Balaban J connectivity index is 2.61. The predicted octanol–water partition coefficient (Wildman–Crippen LogP) is 1.77. The molecule has 0 saturated heterocycles. The largest absolute Gasteiger partial charge is 0.455 e. The lowest BCUT2D eigenvalue weighted by Gasteiger charge is -2.20. The van der Waals surface area contributed by atoms with E-state index in [9.17, 15) is 9.59 Å². The standard InChI is InChI=1S/C16H20N4O3/c1-16(2,3)23-15(22)13-11(17)12(14(21)18-4)19-20(13)10-8-6-5-7-9-10/h5-9H,17H2,1-4H3,(H,18,21). The fraction of sp³-hybridized carbons (Fsp3) is 0.312. The van der Waals surface area contributed by atoms with Gasteiger partial charge in [0.1, 0.15) is 5.60 Å². The highest BCUT2D eigenvalue weighted by Gasteiger charge is 2.29. The molecule has 122 valence electrons. The van der Waals surface area contributed by atoms with Crippen LogP contribution in [0.5, 0.6) is 0 Å². The third kappa shape index (κ3) is 3.50. The van der Waals surface area contributed by atoms with Crippen molar-refractivity contribution in [2.24, 2.45) is 0 Å². The van der Waals surface area contributed by atoms with E-state index in [2.05, 4.69) is 10.4 Å². The summed E-state index contributed by atoms with van der Waals surface area (Å²) in [5, 5.41) is 6.64. The van der Waals surface area contributed by atoms with Crippen LogP contribution in [0.4, 0.5) is 5.69 Å². The molecule has 2 aromatic rings. The molecule has 1 amide bonds. The Morgan fingerprint density at radius 2 is 1.83 bits per heavy atom. The highest BCUT2D eigenvalue weighted by Crippen LogP contribution is 2.24. The lowest BCUT2D eigenvalue weighted by atomic mass is 10.2. The van der Waals surface area contributed by atoms with E-state index in [1.54, 1.807) is 45.0 Å². The van der Waals surface area contributed by atoms with Crippen molar-refractivity contribution in [3.8, 4) is 5.69 Å². The van der Waals surface area contributed by atoms with Crippen LogP contribution in [-0.2, 0) is 4.74 Å². The minimum absolute atomic E-state index is 0.0116. The Labute approximate surface area is 134 Å². The van der Waals surface area contributed by atoms with Crippen molar-refractivity contribution < 1.29 is 14.3 Å². The molecule has 0 aliphatic heterocycles. The van der Waals surface area contributed by atoms with Gasteiger partial charge in [0.25, 0.3) is 5.91 Å². The number of para-hydroxylation sites is 1.